The third-order valence-corrected chi connectivity index (χ3v) is 3.70. The van der Waals surface area contributed by atoms with Crippen LogP contribution in [0.2, 0.25) is 0 Å². The fraction of sp³-hybridized carbons (Fsp3) is 0.357. The molecule has 106 valence electrons. The molecule has 0 aliphatic carbocycles. The summed E-state index contributed by atoms with van der Waals surface area (Å²) < 4.78 is 0. The molecule has 0 aliphatic rings. The van der Waals surface area contributed by atoms with Crippen LogP contribution in [-0.2, 0) is 6.54 Å². The fourth-order valence-electron chi connectivity index (χ4n) is 1.74. The monoisotopic (exact) mass is 290 g/mol. The van der Waals surface area contributed by atoms with E-state index in [0.29, 0.717) is 17.9 Å². The van der Waals surface area contributed by atoms with E-state index in [2.05, 4.69) is 15.3 Å². The van der Waals surface area contributed by atoms with Gasteiger partial charge >= 0.3 is 0 Å². The second-order valence-electron chi connectivity index (χ2n) is 4.91. The molecule has 2 aromatic heterocycles. The van der Waals surface area contributed by atoms with Crippen LogP contribution >= 0.6 is 11.3 Å². The van der Waals surface area contributed by atoms with Gasteiger partial charge in [0.1, 0.15) is 10.8 Å². The SMILES string of the molecule is Cc1cnc(CNC(=O)c2cc(N)nc(C(C)C)c2)s1. The smallest absolute Gasteiger partial charge is 0.251 e. The minimum Gasteiger partial charge on any atom is -0.384 e. The lowest BCUT2D eigenvalue weighted by molar-refractivity contribution is 0.0950. The summed E-state index contributed by atoms with van der Waals surface area (Å²) in [7, 11) is 0. The quantitative estimate of drug-likeness (QED) is 0.906. The molecule has 6 heteroatoms. The van der Waals surface area contributed by atoms with Crippen LogP contribution in [-0.4, -0.2) is 15.9 Å². The normalized spacial score (nSPS) is 10.8. The summed E-state index contributed by atoms with van der Waals surface area (Å²) >= 11 is 1.57. The maximum absolute atomic E-state index is 12.1. The Bertz CT molecular complexity index is 621. The van der Waals surface area contributed by atoms with Crippen molar-refractivity contribution >= 4 is 23.1 Å². The number of thiazole rings is 1. The zero-order valence-corrected chi connectivity index (χ0v) is 12.6. The Balaban J connectivity index is 2.09. The molecule has 20 heavy (non-hydrogen) atoms. The summed E-state index contributed by atoms with van der Waals surface area (Å²) in [5, 5.41) is 3.74. The Hall–Kier alpha value is -1.95. The second kappa shape index (κ2) is 6.00. The van der Waals surface area contributed by atoms with E-state index in [1.165, 1.54) is 0 Å². The molecular weight excluding hydrogens is 272 g/mol. The van der Waals surface area contributed by atoms with E-state index in [4.69, 9.17) is 5.73 Å². The Kier molecular flexibility index (Phi) is 4.34. The average molecular weight is 290 g/mol. The molecule has 0 atom stereocenters. The number of carbonyl (C=O) groups is 1. The lowest BCUT2D eigenvalue weighted by Crippen LogP contribution is -2.23. The standard InChI is InChI=1S/C14H18N4OS/c1-8(2)11-4-10(5-12(15)18-11)14(19)17-7-13-16-6-9(3)20-13/h4-6,8H,7H2,1-3H3,(H2,15,18)(H,17,19). The highest BCUT2D eigenvalue weighted by Gasteiger charge is 2.11. The van der Waals surface area contributed by atoms with Crippen molar-refractivity contribution in [1.82, 2.24) is 15.3 Å². The van der Waals surface area contributed by atoms with Gasteiger partial charge in [0.25, 0.3) is 5.91 Å². The van der Waals surface area contributed by atoms with Gasteiger partial charge in [0, 0.05) is 22.3 Å². The first-order valence-electron chi connectivity index (χ1n) is 6.42. The van der Waals surface area contributed by atoms with Crippen LogP contribution in [0.3, 0.4) is 0 Å². The van der Waals surface area contributed by atoms with Crippen molar-refractivity contribution in [2.75, 3.05) is 5.73 Å². The number of aryl methyl sites for hydroxylation is 1. The van der Waals surface area contributed by atoms with Crippen LogP contribution in [0, 0.1) is 6.92 Å². The van der Waals surface area contributed by atoms with Crippen molar-refractivity contribution in [2.45, 2.75) is 33.2 Å². The van der Waals surface area contributed by atoms with E-state index in [1.807, 2.05) is 20.8 Å². The van der Waals surface area contributed by atoms with Crippen LogP contribution in [0.1, 0.15) is 45.7 Å². The van der Waals surface area contributed by atoms with E-state index >= 15 is 0 Å². The fourth-order valence-corrected chi connectivity index (χ4v) is 2.47. The van der Waals surface area contributed by atoms with Crippen LogP contribution in [0.5, 0.6) is 0 Å². The maximum atomic E-state index is 12.1. The van der Waals surface area contributed by atoms with Gasteiger partial charge in [-0.05, 0) is 25.0 Å². The van der Waals surface area contributed by atoms with E-state index in [1.54, 1.807) is 29.7 Å². The number of nitrogens with one attached hydrogen (secondary N) is 1. The zero-order valence-electron chi connectivity index (χ0n) is 11.8. The van der Waals surface area contributed by atoms with Gasteiger partial charge in [-0.15, -0.1) is 11.3 Å². The van der Waals surface area contributed by atoms with Crippen molar-refractivity contribution in [1.29, 1.82) is 0 Å². The number of anilines is 1. The third-order valence-electron chi connectivity index (χ3n) is 2.79. The molecule has 2 aromatic rings. The molecule has 2 rings (SSSR count). The molecule has 0 unspecified atom stereocenters. The third kappa shape index (κ3) is 3.54. The van der Waals surface area contributed by atoms with Gasteiger partial charge < -0.3 is 11.1 Å². The van der Waals surface area contributed by atoms with Crippen molar-refractivity contribution < 1.29 is 4.79 Å². The molecule has 0 saturated heterocycles. The van der Waals surface area contributed by atoms with Crippen molar-refractivity contribution in [3.05, 3.63) is 39.5 Å². The number of carbonyl (C=O) groups excluding carboxylic acids is 1. The molecule has 0 radical (unpaired) electrons. The van der Waals surface area contributed by atoms with E-state index in [0.717, 1.165) is 15.6 Å². The van der Waals surface area contributed by atoms with Gasteiger partial charge in [-0.25, -0.2) is 9.97 Å². The highest BCUT2D eigenvalue weighted by Crippen LogP contribution is 2.16. The van der Waals surface area contributed by atoms with Gasteiger partial charge in [-0.1, -0.05) is 13.8 Å². The number of hydrogen-bond donors (Lipinski definition) is 2. The number of amides is 1. The number of nitrogen functional groups attached to an aromatic ring is 1. The summed E-state index contributed by atoms with van der Waals surface area (Å²) in [5.41, 5.74) is 7.10. The van der Waals surface area contributed by atoms with Crippen molar-refractivity contribution in [3.63, 3.8) is 0 Å². The zero-order chi connectivity index (χ0) is 14.7. The van der Waals surface area contributed by atoms with E-state index in [-0.39, 0.29) is 11.8 Å². The lowest BCUT2D eigenvalue weighted by atomic mass is 10.1. The molecule has 0 aromatic carbocycles. The predicted molar refractivity (Wildman–Crippen MR) is 80.8 cm³/mol. The highest BCUT2D eigenvalue weighted by molar-refractivity contribution is 7.11. The van der Waals surface area contributed by atoms with Crippen LogP contribution in [0.25, 0.3) is 0 Å². The number of pyridine rings is 1. The first-order valence-corrected chi connectivity index (χ1v) is 7.24. The largest absolute Gasteiger partial charge is 0.384 e. The van der Waals surface area contributed by atoms with Crippen molar-refractivity contribution in [2.24, 2.45) is 0 Å². The highest BCUT2D eigenvalue weighted by atomic mass is 32.1. The van der Waals surface area contributed by atoms with Gasteiger partial charge in [-0.2, -0.15) is 0 Å². The maximum Gasteiger partial charge on any atom is 0.251 e. The second-order valence-corrected chi connectivity index (χ2v) is 6.23. The van der Waals surface area contributed by atoms with Gasteiger partial charge in [-0.3, -0.25) is 4.79 Å². The number of aromatic nitrogens is 2. The molecule has 0 saturated carbocycles. The Morgan fingerprint density at radius 3 is 2.80 bits per heavy atom. The molecular formula is C14H18N4OS. The number of nitrogens with two attached hydrogens (primary N) is 1. The summed E-state index contributed by atoms with van der Waals surface area (Å²) in [6, 6.07) is 3.37. The number of hydrogen-bond acceptors (Lipinski definition) is 5. The van der Waals surface area contributed by atoms with Crippen LogP contribution in [0.15, 0.2) is 18.3 Å². The molecule has 1 amide bonds. The first-order chi connectivity index (χ1) is 9.45. The molecule has 2 heterocycles. The minimum atomic E-state index is -0.158. The number of rotatable bonds is 4. The minimum absolute atomic E-state index is 0.158. The predicted octanol–water partition coefficient (Wildman–Crippen LogP) is 2.48. The average Bonchev–Trinajstić information content (AvgIpc) is 2.81. The Labute approximate surface area is 122 Å². The summed E-state index contributed by atoms with van der Waals surface area (Å²) in [6.45, 7) is 6.45. The summed E-state index contributed by atoms with van der Waals surface area (Å²) in [5.74, 6) is 0.437. The molecule has 3 N–H and O–H groups in total. The Morgan fingerprint density at radius 2 is 2.20 bits per heavy atom. The first kappa shape index (κ1) is 14.5. The van der Waals surface area contributed by atoms with Crippen molar-refractivity contribution in [3.8, 4) is 0 Å². The molecule has 0 spiro atoms. The van der Waals surface area contributed by atoms with Gasteiger partial charge in [0.15, 0.2) is 0 Å². The summed E-state index contributed by atoms with van der Waals surface area (Å²) in [6.07, 6.45) is 1.80. The van der Waals surface area contributed by atoms with E-state index < -0.39 is 0 Å². The Morgan fingerprint density at radius 1 is 1.45 bits per heavy atom. The molecule has 0 bridgehead atoms. The molecule has 0 fully saturated rings. The lowest BCUT2D eigenvalue weighted by Gasteiger charge is -2.09. The molecule has 5 nitrogen and oxygen atoms in total. The van der Waals surface area contributed by atoms with Gasteiger partial charge in [0.05, 0.1) is 6.54 Å². The summed E-state index contributed by atoms with van der Waals surface area (Å²) in [4.78, 5) is 21.7. The van der Waals surface area contributed by atoms with Gasteiger partial charge in [0.2, 0.25) is 0 Å². The van der Waals surface area contributed by atoms with Crippen LogP contribution < -0.4 is 11.1 Å². The number of nitrogens with zero attached hydrogens (tertiary/aromatic N) is 2. The topological polar surface area (TPSA) is 80.9 Å². The van der Waals surface area contributed by atoms with E-state index in [9.17, 15) is 4.79 Å². The van der Waals surface area contributed by atoms with Crippen LogP contribution in [0.4, 0.5) is 5.82 Å². The molecule has 0 aliphatic heterocycles.